The molecular formula is C28H30N4O3. The fraction of sp³-hybridized carbons (Fsp3) is 0.250. The maximum atomic E-state index is 13.7. The van der Waals surface area contributed by atoms with Gasteiger partial charge in [0.1, 0.15) is 11.3 Å². The molecule has 0 unspecified atom stereocenters. The molecule has 0 aliphatic rings. The maximum absolute atomic E-state index is 13.7. The summed E-state index contributed by atoms with van der Waals surface area (Å²) in [6.45, 7) is 2.22. The highest BCUT2D eigenvalue weighted by Crippen LogP contribution is 2.28. The van der Waals surface area contributed by atoms with Crippen molar-refractivity contribution in [3.8, 4) is 11.3 Å². The van der Waals surface area contributed by atoms with E-state index < -0.39 is 0 Å². The molecule has 1 N–H and O–H groups in total. The van der Waals surface area contributed by atoms with Crippen molar-refractivity contribution in [3.05, 3.63) is 102 Å². The van der Waals surface area contributed by atoms with Gasteiger partial charge in [-0.1, -0.05) is 65.8 Å². The first kappa shape index (κ1) is 24.0. The second-order valence-corrected chi connectivity index (χ2v) is 8.65. The Labute approximate surface area is 205 Å². The van der Waals surface area contributed by atoms with Crippen LogP contribution in [0.25, 0.3) is 11.3 Å². The molecule has 0 aliphatic carbocycles. The Morgan fingerprint density at radius 1 is 1.03 bits per heavy atom. The number of aryl methyl sites for hydroxylation is 2. The Kier molecular flexibility index (Phi) is 7.45. The summed E-state index contributed by atoms with van der Waals surface area (Å²) in [4.78, 5) is 28.0. The Balaban J connectivity index is 1.54. The third-order valence-corrected chi connectivity index (χ3v) is 6.23. The Morgan fingerprint density at radius 3 is 2.37 bits per heavy atom. The molecule has 4 aromatic rings. The average molecular weight is 471 g/mol. The summed E-state index contributed by atoms with van der Waals surface area (Å²) < 4.78 is 7.34. The second kappa shape index (κ2) is 10.9. The Bertz CT molecular complexity index is 1280. The molecule has 2 heterocycles. The zero-order valence-corrected chi connectivity index (χ0v) is 20.3. The van der Waals surface area contributed by atoms with E-state index in [-0.39, 0.29) is 17.9 Å². The quantitative estimate of drug-likeness (QED) is 0.391. The molecule has 2 amide bonds. The molecule has 0 aliphatic heterocycles. The summed E-state index contributed by atoms with van der Waals surface area (Å²) in [7, 11) is 3.64. The molecule has 0 spiro atoms. The van der Waals surface area contributed by atoms with Crippen LogP contribution >= 0.6 is 0 Å². The van der Waals surface area contributed by atoms with Crippen molar-refractivity contribution in [3.63, 3.8) is 0 Å². The van der Waals surface area contributed by atoms with Gasteiger partial charge in [-0.2, -0.15) is 0 Å². The first-order chi connectivity index (χ1) is 17.0. The third kappa shape index (κ3) is 5.51. The number of carbonyl (C=O) groups excluding carboxylic acids is 2. The van der Waals surface area contributed by atoms with E-state index in [9.17, 15) is 9.59 Å². The topological polar surface area (TPSA) is 80.4 Å². The summed E-state index contributed by atoms with van der Waals surface area (Å²) in [5, 5.41) is 7.07. The molecule has 35 heavy (non-hydrogen) atoms. The summed E-state index contributed by atoms with van der Waals surface area (Å²) in [6, 6.07) is 23.0. The van der Waals surface area contributed by atoms with Crippen molar-refractivity contribution >= 4 is 11.8 Å². The zero-order chi connectivity index (χ0) is 24.8. The van der Waals surface area contributed by atoms with Crippen LogP contribution in [0.5, 0.6) is 0 Å². The Hall–Kier alpha value is -4.13. The first-order valence-corrected chi connectivity index (χ1v) is 11.7. The second-order valence-electron chi connectivity index (χ2n) is 8.65. The van der Waals surface area contributed by atoms with E-state index in [1.54, 1.807) is 29.5 Å². The maximum Gasteiger partial charge on any atom is 0.267 e. The molecule has 1 atom stereocenters. The number of amides is 2. The highest BCUT2D eigenvalue weighted by Gasteiger charge is 2.28. The first-order valence-electron chi connectivity index (χ1n) is 11.7. The van der Waals surface area contributed by atoms with E-state index in [1.807, 2.05) is 80.0 Å². The number of likely N-dealkylation sites (N-methyl/N-ethyl adjacent to an activating group) is 1. The van der Waals surface area contributed by atoms with Crippen molar-refractivity contribution in [1.29, 1.82) is 0 Å². The van der Waals surface area contributed by atoms with Crippen LogP contribution in [-0.2, 0) is 13.5 Å². The predicted molar refractivity (Wildman–Crippen MR) is 135 cm³/mol. The number of hydrogen-bond acceptors (Lipinski definition) is 4. The predicted octanol–water partition coefficient (Wildman–Crippen LogP) is 4.49. The van der Waals surface area contributed by atoms with Gasteiger partial charge >= 0.3 is 0 Å². The molecule has 0 fully saturated rings. The molecule has 7 heteroatoms. The van der Waals surface area contributed by atoms with Gasteiger partial charge in [0.2, 0.25) is 0 Å². The zero-order valence-electron chi connectivity index (χ0n) is 20.3. The number of carbonyl (C=O) groups is 2. The van der Waals surface area contributed by atoms with Crippen LogP contribution in [0.1, 0.15) is 38.5 Å². The summed E-state index contributed by atoms with van der Waals surface area (Å²) >= 11 is 0. The van der Waals surface area contributed by atoms with Crippen LogP contribution in [0.4, 0.5) is 0 Å². The highest BCUT2D eigenvalue weighted by molar-refractivity contribution is 6.00. The minimum absolute atomic E-state index is 0.133. The van der Waals surface area contributed by atoms with E-state index >= 15 is 0 Å². The van der Waals surface area contributed by atoms with Gasteiger partial charge in [0.05, 0.1) is 5.69 Å². The van der Waals surface area contributed by atoms with Crippen LogP contribution in [0.15, 0.2) is 83.5 Å². The van der Waals surface area contributed by atoms with Gasteiger partial charge in [-0.15, -0.1) is 0 Å². The molecule has 0 radical (unpaired) electrons. The molecule has 0 bridgehead atoms. The van der Waals surface area contributed by atoms with E-state index in [0.29, 0.717) is 42.1 Å². The van der Waals surface area contributed by atoms with E-state index in [2.05, 4.69) is 10.5 Å². The average Bonchev–Trinajstić information content (AvgIpc) is 3.49. The number of nitrogens with one attached hydrogen (secondary N) is 1. The lowest BCUT2D eigenvalue weighted by molar-refractivity contribution is 0.0722. The van der Waals surface area contributed by atoms with Gasteiger partial charge in [0.15, 0.2) is 5.76 Å². The number of rotatable bonds is 9. The molecule has 180 valence electrons. The molecule has 4 rings (SSSR count). The summed E-state index contributed by atoms with van der Waals surface area (Å²) in [5.74, 6) is 0.180. The van der Waals surface area contributed by atoms with Crippen molar-refractivity contribution in [2.24, 2.45) is 7.05 Å². The smallest absolute Gasteiger partial charge is 0.267 e. The monoisotopic (exact) mass is 470 g/mol. The Morgan fingerprint density at radius 2 is 1.71 bits per heavy atom. The fourth-order valence-electron chi connectivity index (χ4n) is 4.21. The van der Waals surface area contributed by atoms with E-state index in [1.165, 1.54) is 0 Å². The summed E-state index contributed by atoms with van der Waals surface area (Å²) in [5.41, 5.74) is 3.54. The van der Waals surface area contributed by atoms with E-state index in [4.69, 9.17) is 4.52 Å². The van der Waals surface area contributed by atoms with Crippen molar-refractivity contribution in [1.82, 2.24) is 19.9 Å². The van der Waals surface area contributed by atoms with Crippen LogP contribution < -0.4 is 5.32 Å². The number of nitrogens with zero attached hydrogens (tertiary/aromatic N) is 3. The van der Waals surface area contributed by atoms with Crippen molar-refractivity contribution in [2.45, 2.75) is 25.8 Å². The lowest BCUT2D eigenvalue weighted by atomic mass is 10.00. The molecule has 2 aromatic heterocycles. The molecule has 2 aromatic carbocycles. The van der Waals surface area contributed by atoms with E-state index in [0.717, 1.165) is 11.1 Å². The molecule has 0 saturated carbocycles. The van der Waals surface area contributed by atoms with Crippen LogP contribution in [0, 0.1) is 6.92 Å². The lowest BCUT2D eigenvalue weighted by Gasteiger charge is -2.29. The van der Waals surface area contributed by atoms with Crippen LogP contribution in [0.2, 0.25) is 0 Å². The number of aromatic nitrogens is 2. The van der Waals surface area contributed by atoms with Gasteiger partial charge in [0.25, 0.3) is 11.8 Å². The molecule has 0 saturated heterocycles. The fourth-order valence-corrected chi connectivity index (χ4v) is 4.21. The van der Waals surface area contributed by atoms with Crippen molar-refractivity contribution < 1.29 is 14.1 Å². The van der Waals surface area contributed by atoms with Gasteiger partial charge in [-0.3, -0.25) is 9.59 Å². The summed E-state index contributed by atoms with van der Waals surface area (Å²) in [6.07, 6.45) is 3.09. The third-order valence-electron chi connectivity index (χ3n) is 6.23. The molecule has 7 nitrogen and oxygen atoms in total. The minimum atomic E-state index is -0.155. The van der Waals surface area contributed by atoms with Crippen molar-refractivity contribution in [2.75, 3.05) is 13.6 Å². The standard InChI is InChI=1S/C28H30N4O3/c1-20-25(26(35-30-20)22-13-8-5-9-14-22)28(34)32(3)23(19-21-11-6-4-7-12-21)16-17-29-27(33)24-15-10-18-31(24)2/h4-15,18,23H,16-17,19H2,1-3H3,(H,29,33)/t23-/m1/s1. The highest BCUT2D eigenvalue weighted by atomic mass is 16.5. The van der Waals surface area contributed by atoms with Gasteiger partial charge < -0.3 is 19.3 Å². The normalized spacial score (nSPS) is 11.7. The van der Waals surface area contributed by atoms with Gasteiger partial charge in [-0.25, -0.2) is 0 Å². The van der Waals surface area contributed by atoms with Crippen LogP contribution in [0.3, 0.4) is 0 Å². The number of hydrogen-bond donors (Lipinski definition) is 1. The molecular weight excluding hydrogens is 440 g/mol. The minimum Gasteiger partial charge on any atom is -0.355 e. The lowest BCUT2D eigenvalue weighted by Crippen LogP contribution is -2.41. The number of benzene rings is 2. The van der Waals surface area contributed by atoms with Gasteiger partial charge in [-0.05, 0) is 37.5 Å². The SMILES string of the molecule is Cc1noc(-c2ccccc2)c1C(=O)N(C)[C@H](CCNC(=O)c1cccn1C)Cc1ccccc1. The largest absolute Gasteiger partial charge is 0.355 e. The van der Waals surface area contributed by atoms with Gasteiger partial charge in [0, 0.05) is 38.4 Å². The van der Waals surface area contributed by atoms with Crippen LogP contribution in [-0.4, -0.2) is 46.1 Å².